The van der Waals surface area contributed by atoms with Crippen LogP contribution in [0.4, 0.5) is 5.69 Å². The van der Waals surface area contributed by atoms with E-state index < -0.39 is 6.04 Å². The molecule has 0 fully saturated rings. The first kappa shape index (κ1) is 22.8. The van der Waals surface area contributed by atoms with E-state index in [-0.39, 0.29) is 5.91 Å². The first-order valence-corrected chi connectivity index (χ1v) is 11.4. The van der Waals surface area contributed by atoms with E-state index in [1.807, 2.05) is 47.3 Å². The van der Waals surface area contributed by atoms with E-state index in [4.69, 9.17) is 31.8 Å². The number of hydrogen-bond acceptors (Lipinski definition) is 5. The van der Waals surface area contributed by atoms with Gasteiger partial charge in [-0.05, 0) is 30.2 Å². The predicted octanol–water partition coefficient (Wildman–Crippen LogP) is 4.66. The summed E-state index contributed by atoms with van der Waals surface area (Å²) in [4.78, 5) is 20.7. The SMILES string of the molecule is COc1cc(OC)c(-c2cn3ccc(NC(=O)C(N)Cc4c[nH]c5ccccc45)cc3n2)cc1Cl. The van der Waals surface area contributed by atoms with Crippen molar-refractivity contribution >= 4 is 39.7 Å². The maximum Gasteiger partial charge on any atom is 0.241 e. The number of carbonyl (C=O) groups excluding carboxylic acids is 1. The first-order chi connectivity index (χ1) is 17.0. The zero-order valence-corrected chi connectivity index (χ0v) is 20.0. The zero-order chi connectivity index (χ0) is 24.5. The Morgan fingerprint density at radius 1 is 1.17 bits per heavy atom. The molecule has 0 aliphatic carbocycles. The van der Waals surface area contributed by atoms with Gasteiger partial charge in [-0.3, -0.25) is 4.79 Å². The molecule has 5 aromatic rings. The largest absolute Gasteiger partial charge is 0.496 e. The molecule has 0 saturated carbocycles. The second-order valence-electron chi connectivity index (χ2n) is 8.15. The molecule has 1 amide bonds. The van der Waals surface area contributed by atoms with Crippen LogP contribution < -0.4 is 20.5 Å². The van der Waals surface area contributed by atoms with Crippen molar-refractivity contribution in [2.45, 2.75) is 12.5 Å². The molecule has 0 saturated heterocycles. The molecule has 5 rings (SSSR count). The highest BCUT2D eigenvalue weighted by atomic mass is 35.5. The number of ether oxygens (including phenoxy) is 2. The smallest absolute Gasteiger partial charge is 0.241 e. The van der Waals surface area contributed by atoms with Crippen molar-refractivity contribution in [3.63, 3.8) is 0 Å². The number of nitrogens with zero attached hydrogens (tertiary/aromatic N) is 2. The third-order valence-corrected chi connectivity index (χ3v) is 6.22. The normalized spacial score (nSPS) is 12.1. The Morgan fingerprint density at radius 2 is 1.97 bits per heavy atom. The van der Waals surface area contributed by atoms with Gasteiger partial charge in [-0.15, -0.1) is 0 Å². The molecular weight excluding hydrogens is 466 g/mol. The lowest BCUT2D eigenvalue weighted by Gasteiger charge is -2.12. The summed E-state index contributed by atoms with van der Waals surface area (Å²) >= 11 is 6.33. The van der Waals surface area contributed by atoms with Crippen LogP contribution in [0, 0.1) is 0 Å². The highest BCUT2D eigenvalue weighted by Crippen LogP contribution is 2.38. The number of H-pyrrole nitrogens is 1. The Bertz CT molecular complexity index is 1540. The summed E-state index contributed by atoms with van der Waals surface area (Å²) in [6.07, 6.45) is 6.01. The lowest BCUT2D eigenvalue weighted by Crippen LogP contribution is -2.37. The van der Waals surface area contributed by atoms with Crippen LogP contribution in [0.3, 0.4) is 0 Å². The van der Waals surface area contributed by atoms with Crippen molar-refractivity contribution in [2.24, 2.45) is 5.73 Å². The number of para-hydroxylation sites is 1. The number of fused-ring (bicyclic) bond motifs is 2. The Labute approximate surface area is 206 Å². The molecule has 1 unspecified atom stereocenters. The summed E-state index contributed by atoms with van der Waals surface area (Å²) in [5.74, 6) is 0.839. The fraction of sp³-hybridized carbons (Fsp3) is 0.154. The number of imidazole rings is 1. The van der Waals surface area contributed by atoms with Crippen molar-refractivity contribution in [2.75, 3.05) is 19.5 Å². The van der Waals surface area contributed by atoms with Crippen LogP contribution in [-0.4, -0.2) is 40.5 Å². The lowest BCUT2D eigenvalue weighted by molar-refractivity contribution is -0.117. The fourth-order valence-electron chi connectivity index (χ4n) is 4.11. The lowest BCUT2D eigenvalue weighted by atomic mass is 10.1. The molecule has 3 heterocycles. The molecule has 0 spiro atoms. The number of nitrogens with one attached hydrogen (secondary N) is 2. The number of benzene rings is 2. The summed E-state index contributed by atoms with van der Waals surface area (Å²) < 4.78 is 12.6. The van der Waals surface area contributed by atoms with Crippen LogP contribution in [0.25, 0.3) is 27.8 Å². The summed E-state index contributed by atoms with van der Waals surface area (Å²) in [5.41, 5.74) is 10.9. The van der Waals surface area contributed by atoms with Gasteiger partial charge in [0.15, 0.2) is 0 Å². The van der Waals surface area contributed by atoms with E-state index in [0.717, 1.165) is 22.0 Å². The molecule has 35 heavy (non-hydrogen) atoms. The van der Waals surface area contributed by atoms with Gasteiger partial charge in [-0.25, -0.2) is 4.98 Å². The van der Waals surface area contributed by atoms with Crippen molar-refractivity contribution in [1.82, 2.24) is 14.4 Å². The van der Waals surface area contributed by atoms with Gasteiger partial charge < -0.3 is 29.9 Å². The zero-order valence-electron chi connectivity index (χ0n) is 19.2. The van der Waals surface area contributed by atoms with E-state index in [2.05, 4.69) is 10.3 Å². The molecule has 1 atom stereocenters. The second-order valence-corrected chi connectivity index (χ2v) is 8.56. The highest BCUT2D eigenvalue weighted by molar-refractivity contribution is 6.32. The summed E-state index contributed by atoms with van der Waals surface area (Å²) in [5, 5.41) is 4.42. The van der Waals surface area contributed by atoms with E-state index >= 15 is 0 Å². The number of halogens is 1. The Balaban J connectivity index is 1.36. The number of amides is 1. The van der Waals surface area contributed by atoms with Crippen LogP contribution >= 0.6 is 11.6 Å². The van der Waals surface area contributed by atoms with E-state index in [9.17, 15) is 4.79 Å². The van der Waals surface area contributed by atoms with Gasteiger partial charge in [-0.2, -0.15) is 0 Å². The predicted molar refractivity (Wildman–Crippen MR) is 137 cm³/mol. The average molecular weight is 490 g/mol. The van der Waals surface area contributed by atoms with Crippen molar-refractivity contribution in [1.29, 1.82) is 0 Å². The maximum atomic E-state index is 12.8. The fourth-order valence-corrected chi connectivity index (χ4v) is 4.36. The molecule has 0 bridgehead atoms. The molecule has 2 aromatic carbocycles. The molecule has 0 radical (unpaired) electrons. The van der Waals surface area contributed by atoms with Gasteiger partial charge in [0.2, 0.25) is 5.91 Å². The monoisotopic (exact) mass is 489 g/mol. The molecule has 4 N–H and O–H groups in total. The number of methoxy groups -OCH3 is 2. The van der Waals surface area contributed by atoms with Gasteiger partial charge in [0.05, 0.1) is 31.0 Å². The molecule has 0 aliphatic rings. The van der Waals surface area contributed by atoms with Crippen LogP contribution in [0.2, 0.25) is 5.02 Å². The first-order valence-electron chi connectivity index (χ1n) is 11.0. The standard InChI is InChI=1S/C26H24ClN5O3/c1-34-23-12-24(35-2)19(27)11-18(23)22-14-32-8-7-16(10-25(32)31-22)30-26(33)20(28)9-15-13-29-21-6-4-3-5-17(15)21/h3-8,10-14,20,29H,9,28H2,1-2H3,(H,30,33). The van der Waals surface area contributed by atoms with E-state index in [0.29, 0.717) is 40.0 Å². The molecular formula is C26H24ClN5O3. The van der Waals surface area contributed by atoms with Crippen molar-refractivity contribution < 1.29 is 14.3 Å². The van der Waals surface area contributed by atoms with Crippen LogP contribution in [0.5, 0.6) is 11.5 Å². The maximum absolute atomic E-state index is 12.8. The molecule has 178 valence electrons. The Hall–Kier alpha value is -4.01. The molecule has 9 heteroatoms. The van der Waals surface area contributed by atoms with Gasteiger partial charge >= 0.3 is 0 Å². The van der Waals surface area contributed by atoms with Crippen molar-refractivity contribution in [3.05, 3.63) is 77.7 Å². The number of anilines is 1. The van der Waals surface area contributed by atoms with Crippen molar-refractivity contribution in [3.8, 4) is 22.8 Å². The molecule has 0 aliphatic heterocycles. The highest BCUT2D eigenvalue weighted by Gasteiger charge is 2.18. The van der Waals surface area contributed by atoms with Crippen LogP contribution in [0.1, 0.15) is 5.56 Å². The van der Waals surface area contributed by atoms with E-state index in [1.54, 1.807) is 38.5 Å². The minimum atomic E-state index is -0.702. The minimum absolute atomic E-state index is 0.269. The quantitative estimate of drug-likeness (QED) is 0.308. The second kappa shape index (κ2) is 9.32. The summed E-state index contributed by atoms with van der Waals surface area (Å²) in [7, 11) is 3.13. The number of aromatic amines is 1. The third kappa shape index (κ3) is 4.41. The van der Waals surface area contributed by atoms with E-state index in [1.165, 1.54) is 0 Å². The van der Waals surface area contributed by atoms with Gasteiger partial charge in [0.25, 0.3) is 0 Å². The Kier molecular flexibility index (Phi) is 6.07. The summed E-state index contributed by atoms with van der Waals surface area (Å²) in [6, 6.07) is 14.3. The number of carbonyl (C=O) groups is 1. The Morgan fingerprint density at radius 3 is 2.77 bits per heavy atom. The van der Waals surface area contributed by atoms with Crippen LogP contribution in [-0.2, 0) is 11.2 Å². The van der Waals surface area contributed by atoms with Gasteiger partial charge in [0, 0.05) is 52.9 Å². The van der Waals surface area contributed by atoms with Gasteiger partial charge in [-0.1, -0.05) is 29.8 Å². The number of rotatable bonds is 7. The topological polar surface area (TPSA) is 107 Å². The van der Waals surface area contributed by atoms with Crippen LogP contribution in [0.15, 0.2) is 67.1 Å². The molecule has 8 nitrogen and oxygen atoms in total. The molecule has 3 aromatic heterocycles. The van der Waals surface area contributed by atoms with Gasteiger partial charge in [0.1, 0.15) is 17.1 Å². The average Bonchev–Trinajstić information content (AvgIpc) is 3.47. The number of nitrogens with two attached hydrogens (primary N) is 1. The number of pyridine rings is 1. The number of aromatic nitrogens is 3. The minimum Gasteiger partial charge on any atom is -0.496 e. The number of hydrogen-bond donors (Lipinski definition) is 3. The third-order valence-electron chi connectivity index (χ3n) is 5.93. The summed E-state index contributed by atoms with van der Waals surface area (Å²) in [6.45, 7) is 0.